The van der Waals surface area contributed by atoms with E-state index in [9.17, 15) is 0 Å². The molecule has 94 valence electrons. The summed E-state index contributed by atoms with van der Waals surface area (Å²) in [4.78, 5) is 0. The first kappa shape index (κ1) is 12.7. The molecule has 0 N–H and O–H groups in total. The molecule has 0 spiro atoms. The van der Waals surface area contributed by atoms with Crippen LogP contribution in [0.1, 0.15) is 40.5 Å². The Balaban J connectivity index is 2.02. The number of hydrogen-bond acceptors (Lipinski definition) is 3. The third kappa shape index (κ3) is 2.74. The van der Waals surface area contributed by atoms with Crippen LogP contribution in [-0.2, 0) is 9.47 Å². The molecule has 0 amide bonds. The second-order valence-electron chi connectivity index (χ2n) is 5.44. The fourth-order valence-corrected chi connectivity index (χ4v) is 4.41. The molecule has 2 saturated heterocycles. The van der Waals surface area contributed by atoms with E-state index in [1.807, 2.05) is 6.92 Å². The summed E-state index contributed by atoms with van der Waals surface area (Å²) in [5, 5.41) is 1.44. The Kier molecular flexibility index (Phi) is 4.20. The van der Waals surface area contributed by atoms with Crippen molar-refractivity contribution in [1.82, 2.24) is 0 Å². The highest BCUT2D eigenvalue weighted by molar-refractivity contribution is 8.00. The molecule has 0 aromatic rings. The van der Waals surface area contributed by atoms with Crippen molar-refractivity contribution in [1.29, 1.82) is 0 Å². The van der Waals surface area contributed by atoms with Crippen molar-refractivity contribution in [3.05, 3.63) is 0 Å². The van der Waals surface area contributed by atoms with E-state index in [4.69, 9.17) is 9.47 Å². The number of thioether (sulfide) groups is 1. The summed E-state index contributed by atoms with van der Waals surface area (Å²) in [6, 6.07) is 0. The monoisotopic (exact) mass is 244 g/mol. The van der Waals surface area contributed by atoms with Gasteiger partial charge in [-0.25, -0.2) is 0 Å². The average Bonchev–Trinajstić information content (AvgIpc) is 2.25. The van der Waals surface area contributed by atoms with Gasteiger partial charge in [-0.2, -0.15) is 11.8 Å². The van der Waals surface area contributed by atoms with Crippen LogP contribution < -0.4 is 0 Å². The summed E-state index contributed by atoms with van der Waals surface area (Å²) < 4.78 is 11.6. The number of ether oxygens (including phenoxy) is 2. The Bertz CT molecular complexity index is 210. The van der Waals surface area contributed by atoms with Gasteiger partial charge in [-0.1, -0.05) is 20.8 Å². The second-order valence-corrected chi connectivity index (χ2v) is 7.07. The van der Waals surface area contributed by atoms with Gasteiger partial charge in [0.15, 0.2) is 6.29 Å². The van der Waals surface area contributed by atoms with Crippen molar-refractivity contribution in [2.75, 3.05) is 6.61 Å². The molecule has 2 aliphatic heterocycles. The van der Waals surface area contributed by atoms with Gasteiger partial charge in [-0.3, -0.25) is 0 Å². The zero-order chi connectivity index (χ0) is 11.7. The van der Waals surface area contributed by atoms with E-state index in [0.29, 0.717) is 17.3 Å². The molecule has 2 heterocycles. The number of hydrogen-bond donors (Lipinski definition) is 0. The molecular formula is C13H24O2S. The average molecular weight is 244 g/mol. The van der Waals surface area contributed by atoms with E-state index in [1.54, 1.807) is 0 Å². The van der Waals surface area contributed by atoms with Gasteiger partial charge in [0, 0.05) is 16.4 Å². The minimum Gasteiger partial charge on any atom is -0.353 e. The van der Waals surface area contributed by atoms with Crippen molar-refractivity contribution < 1.29 is 9.47 Å². The minimum absolute atomic E-state index is 0.0220. The van der Waals surface area contributed by atoms with Crippen molar-refractivity contribution in [2.24, 2.45) is 11.8 Å². The lowest BCUT2D eigenvalue weighted by molar-refractivity contribution is -0.226. The molecule has 2 nitrogen and oxygen atoms in total. The fourth-order valence-electron chi connectivity index (χ4n) is 2.71. The van der Waals surface area contributed by atoms with Crippen molar-refractivity contribution in [3.8, 4) is 0 Å². The molecule has 16 heavy (non-hydrogen) atoms. The Morgan fingerprint density at radius 1 is 1.00 bits per heavy atom. The van der Waals surface area contributed by atoms with E-state index in [-0.39, 0.29) is 6.29 Å². The van der Waals surface area contributed by atoms with Gasteiger partial charge < -0.3 is 9.47 Å². The molecule has 3 heteroatoms. The van der Waals surface area contributed by atoms with Crippen LogP contribution in [0, 0.1) is 11.8 Å². The zero-order valence-corrected chi connectivity index (χ0v) is 11.6. The maximum absolute atomic E-state index is 6.01. The molecule has 6 atom stereocenters. The van der Waals surface area contributed by atoms with Gasteiger partial charge >= 0.3 is 0 Å². The van der Waals surface area contributed by atoms with Crippen LogP contribution in [0.3, 0.4) is 0 Å². The van der Waals surface area contributed by atoms with Gasteiger partial charge in [-0.05, 0) is 25.7 Å². The first-order valence-corrected chi connectivity index (χ1v) is 7.44. The predicted molar refractivity (Wildman–Crippen MR) is 68.7 cm³/mol. The topological polar surface area (TPSA) is 18.5 Å². The SMILES string of the molecule is CC1OCC(C)C(C2SC(C)CCC2C)O1. The fraction of sp³-hybridized carbons (Fsp3) is 1.00. The Morgan fingerprint density at radius 3 is 2.50 bits per heavy atom. The third-order valence-electron chi connectivity index (χ3n) is 3.81. The molecule has 0 saturated carbocycles. The quantitative estimate of drug-likeness (QED) is 0.705. The highest BCUT2D eigenvalue weighted by Crippen LogP contribution is 2.41. The molecule has 0 aromatic carbocycles. The van der Waals surface area contributed by atoms with Gasteiger partial charge in [0.1, 0.15) is 0 Å². The molecular weight excluding hydrogens is 220 g/mol. The predicted octanol–water partition coefficient (Wildman–Crippen LogP) is 3.30. The smallest absolute Gasteiger partial charge is 0.155 e. The molecule has 0 aliphatic carbocycles. The van der Waals surface area contributed by atoms with E-state index in [1.165, 1.54) is 12.8 Å². The highest BCUT2D eigenvalue weighted by Gasteiger charge is 2.39. The summed E-state index contributed by atoms with van der Waals surface area (Å²) in [5.74, 6) is 1.31. The highest BCUT2D eigenvalue weighted by atomic mass is 32.2. The van der Waals surface area contributed by atoms with Gasteiger partial charge in [0.25, 0.3) is 0 Å². The van der Waals surface area contributed by atoms with Crippen molar-refractivity contribution in [3.63, 3.8) is 0 Å². The van der Waals surface area contributed by atoms with Crippen LogP contribution >= 0.6 is 11.8 Å². The minimum atomic E-state index is -0.0220. The standard InChI is InChI=1S/C13H24O2S/c1-8-5-6-10(3)16-13(8)12-9(2)7-14-11(4)15-12/h8-13H,5-7H2,1-4H3. The zero-order valence-electron chi connectivity index (χ0n) is 10.8. The lowest BCUT2D eigenvalue weighted by Gasteiger charge is -2.43. The summed E-state index contributed by atoms with van der Waals surface area (Å²) in [6.45, 7) is 9.84. The van der Waals surface area contributed by atoms with Gasteiger partial charge in [0.2, 0.25) is 0 Å². The van der Waals surface area contributed by atoms with Crippen LogP contribution in [-0.4, -0.2) is 29.5 Å². The summed E-state index contributed by atoms with van der Waals surface area (Å²) >= 11 is 2.13. The van der Waals surface area contributed by atoms with E-state index < -0.39 is 0 Å². The Hall–Kier alpha value is 0.270. The van der Waals surface area contributed by atoms with Crippen LogP contribution in [0.25, 0.3) is 0 Å². The first-order chi connectivity index (χ1) is 7.58. The molecule has 0 bridgehead atoms. The molecule has 0 aromatic heterocycles. The summed E-state index contributed by atoms with van der Waals surface area (Å²) in [7, 11) is 0. The van der Waals surface area contributed by atoms with Crippen molar-refractivity contribution in [2.45, 2.75) is 63.4 Å². The Labute approximate surface area is 103 Å². The molecule has 6 unspecified atom stereocenters. The molecule has 2 aliphatic rings. The lowest BCUT2D eigenvalue weighted by atomic mass is 9.90. The van der Waals surface area contributed by atoms with E-state index >= 15 is 0 Å². The number of rotatable bonds is 1. The van der Waals surface area contributed by atoms with Crippen molar-refractivity contribution >= 4 is 11.8 Å². The van der Waals surface area contributed by atoms with Crippen LogP contribution in [0.2, 0.25) is 0 Å². The second kappa shape index (κ2) is 5.28. The van der Waals surface area contributed by atoms with Gasteiger partial charge in [-0.15, -0.1) is 0 Å². The Morgan fingerprint density at radius 2 is 1.75 bits per heavy atom. The van der Waals surface area contributed by atoms with Gasteiger partial charge in [0.05, 0.1) is 12.7 Å². The lowest BCUT2D eigenvalue weighted by Crippen LogP contribution is -2.47. The van der Waals surface area contributed by atoms with E-state index in [0.717, 1.165) is 17.8 Å². The van der Waals surface area contributed by atoms with E-state index in [2.05, 4.69) is 32.5 Å². The van der Waals surface area contributed by atoms with Crippen LogP contribution in [0.4, 0.5) is 0 Å². The van der Waals surface area contributed by atoms with Crippen LogP contribution in [0.5, 0.6) is 0 Å². The summed E-state index contributed by atoms with van der Waals surface area (Å²) in [6.07, 6.45) is 3.06. The van der Waals surface area contributed by atoms with Crippen LogP contribution in [0.15, 0.2) is 0 Å². The molecule has 2 fully saturated rings. The molecule has 0 radical (unpaired) electrons. The molecule has 2 rings (SSSR count). The summed E-state index contributed by atoms with van der Waals surface area (Å²) in [5.41, 5.74) is 0. The normalized spacial score (nSPS) is 50.2. The first-order valence-electron chi connectivity index (χ1n) is 6.50. The largest absolute Gasteiger partial charge is 0.353 e. The third-order valence-corrected chi connectivity index (χ3v) is 5.55. The maximum Gasteiger partial charge on any atom is 0.155 e. The maximum atomic E-state index is 6.01.